The quantitative estimate of drug-likeness (QED) is 0.834. The summed E-state index contributed by atoms with van der Waals surface area (Å²) in [7, 11) is 0. The fourth-order valence-electron chi connectivity index (χ4n) is 2.47. The van der Waals surface area contributed by atoms with Gasteiger partial charge in [-0.05, 0) is 57.9 Å². The summed E-state index contributed by atoms with van der Waals surface area (Å²) in [6.07, 6.45) is -0.251. The van der Waals surface area contributed by atoms with Crippen molar-refractivity contribution in [3.63, 3.8) is 0 Å². The fraction of sp³-hybridized carbons (Fsp3) is 0.333. The van der Waals surface area contributed by atoms with Crippen LogP contribution in [0, 0.1) is 26.6 Å². The second kappa shape index (κ2) is 6.86. The van der Waals surface area contributed by atoms with Crippen molar-refractivity contribution in [3.05, 3.63) is 52.1 Å². The lowest BCUT2D eigenvalue weighted by Crippen LogP contribution is -2.16. The van der Waals surface area contributed by atoms with Gasteiger partial charge in [0.15, 0.2) is 0 Å². The first-order chi connectivity index (χ1) is 11.2. The number of aromatic amines is 1. The van der Waals surface area contributed by atoms with E-state index in [1.165, 1.54) is 12.1 Å². The van der Waals surface area contributed by atoms with E-state index >= 15 is 0 Å². The standard InChI is InChI=1S/C18H21FN2O3/c1-9(2)24-18(23)15-11(4)16(20-12(15)5)17(22)21-14-8-13(19)7-6-10(14)3/h6-9,20H,1-5H3,(H,21,22). The number of halogens is 1. The van der Waals surface area contributed by atoms with E-state index in [1.54, 1.807) is 40.7 Å². The molecule has 1 aromatic heterocycles. The number of hydrogen-bond acceptors (Lipinski definition) is 3. The van der Waals surface area contributed by atoms with Crippen LogP contribution in [0.4, 0.5) is 10.1 Å². The zero-order chi connectivity index (χ0) is 18.0. The number of hydrogen-bond donors (Lipinski definition) is 2. The van der Waals surface area contributed by atoms with Crippen LogP contribution < -0.4 is 5.32 Å². The summed E-state index contributed by atoms with van der Waals surface area (Å²) in [6.45, 7) is 8.67. The number of carbonyl (C=O) groups is 2. The molecule has 0 saturated heterocycles. The van der Waals surface area contributed by atoms with Gasteiger partial charge < -0.3 is 15.0 Å². The Morgan fingerprint density at radius 3 is 2.50 bits per heavy atom. The van der Waals surface area contributed by atoms with Gasteiger partial charge in [-0.3, -0.25) is 4.79 Å². The highest BCUT2D eigenvalue weighted by Crippen LogP contribution is 2.22. The molecular weight excluding hydrogens is 311 g/mol. The lowest BCUT2D eigenvalue weighted by Gasteiger charge is -2.09. The Labute approximate surface area is 140 Å². The topological polar surface area (TPSA) is 71.2 Å². The van der Waals surface area contributed by atoms with Gasteiger partial charge in [-0.25, -0.2) is 9.18 Å². The number of carbonyl (C=O) groups excluding carboxylic acids is 2. The molecule has 0 aliphatic heterocycles. The van der Waals surface area contributed by atoms with Crippen molar-refractivity contribution < 1.29 is 18.7 Å². The summed E-state index contributed by atoms with van der Waals surface area (Å²) in [5, 5.41) is 2.67. The largest absolute Gasteiger partial charge is 0.459 e. The molecule has 0 unspecified atom stereocenters. The Morgan fingerprint density at radius 2 is 1.88 bits per heavy atom. The highest BCUT2D eigenvalue weighted by molar-refractivity contribution is 6.07. The van der Waals surface area contributed by atoms with Crippen molar-refractivity contribution >= 4 is 17.6 Å². The summed E-state index contributed by atoms with van der Waals surface area (Å²) in [5.74, 6) is -1.35. The van der Waals surface area contributed by atoms with Gasteiger partial charge in [-0.15, -0.1) is 0 Å². The first-order valence-electron chi connectivity index (χ1n) is 7.68. The number of aryl methyl sites for hydroxylation is 2. The van der Waals surface area contributed by atoms with E-state index in [2.05, 4.69) is 10.3 Å². The smallest absolute Gasteiger partial charge is 0.340 e. The number of esters is 1. The number of anilines is 1. The van der Waals surface area contributed by atoms with E-state index in [-0.39, 0.29) is 11.8 Å². The molecule has 1 amide bonds. The molecule has 0 aliphatic rings. The van der Waals surface area contributed by atoms with Gasteiger partial charge in [0, 0.05) is 11.4 Å². The predicted molar refractivity (Wildman–Crippen MR) is 89.9 cm³/mol. The molecule has 0 saturated carbocycles. The third-order valence-electron chi connectivity index (χ3n) is 3.66. The Morgan fingerprint density at radius 1 is 1.21 bits per heavy atom. The molecule has 0 spiro atoms. The van der Waals surface area contributed by atoms with Crippen LogP contribution in [0.5, 0.6) is 0 Å². The summed E-state index contributed by atoms with van der Waals surface area (Å²) >= 11 is 0. The predicted octanol–water partition coefficient (Wildman–Crippen LogP) is 3.90. The minimum Gasteiger partial charge on any atom is -0.459 e. The summed E-state index contributed by atoms with van der Waals surface area (Å²) in [5.41, 5.74) is 2.80. The Hall–Kier alpha value is -2.63. The summed E-state index contributed by atoms with van der Waals surface area (Å²) in [6, 6.07) is 4.17. The van der Waals surface area contributed by atoms with E-state index < -0.39 is 17.7 Å². The molecule has 0 atom stereocenters. The minimum absolute atomic E-state index is 0.251. The second-order valence-corrected chi connectivity index (χ2v) is 5.99. The first kappa shape index (κ1) is 17.7. The van der Waals surface area contributed by atoms with Crippen LogP contribution >= 0.6 is 0 Å². The van der Waals surface area contributed by atoms with Gasteiger partial charge in [-0.1, -0.05) is 6.07 Å². The molecule has 2 aromatic rings. The second-order valence-electron chi connectivity index (χ2n) is 5.99. The van der Waals surface area contributed by atoms with Crippen LogP contribution in [0.2, 0.25) is 0 Å². The Balaban J connectivity index is 2.31. The van der Waals surface area contributed by atoms with Crippen LogP contribution in [0.25, 0.3) is 0 Å². The van der Waals surface area contributed by atoms with E-state index in [1.807, 2.05) is 0 Å². The zero-order valence-electron chi connectivity index (χ0n) is 14.4. The maximum absolute atomic E-state index is 13.4. The number of nitrogens with one attached hydrogen (secondary N) is 2. The van der Waals surface area contributed by atoms with Gasteiger partial charge in [0.25, 0.3) is 5.91 Å². The Kier molecular flexibility index (Phi) is 5.07. The van der Waals surface area contributed by atoms with Crippen molar-refractivity contribution in [2.24, 2.45) is 0 Å². The maximum Gasteiger partial charge on any atom is 0.340 e. The molecule has 1 heterocycles. The molecule has 0 fully saturated rings. The monoisotopic (exact) mass is 332 g/mol. The third-order valence-corrected chi connectivity index (χ3v) is 3.66. The van der Waals surface area contributed by atoms with E-state index in [9.17, 15) is 14.0 Å². The lowest BCUT2D eigenvalue weighted by molar-refractivity contribution is 0.0376. The van der Waals surface area contributed by atoms with Gasteiger partial charge in [-0.2, -0.15) is 0 Å². The highest BCUT2D eigenvalue weighted by Gasteiger charge is 2.24. The number of rotatable bonds is 4. The molecule has 0 radical (unpaired) electrons. The molecular formula is C18H21FN2O3. The number of ether oxygens (including phenoxy) is 1. The lowest BCUT2D eigenvalue weighted by atomic mass is 10.1. The SMILES string of the molecule is Cc1ccc(F)cc1NC(=O)c1[nH]c(C)c(C(=O)OC(C)C)c1C. The molecule has 0 bridgehead atoms. The third kappa shape index (κ3) is 3.64. The fourth-order valence-corrected chi connectivity index (χ4v) is 2.47. The molecule has 2 rings (SSSR count). The van der Waals surface area contributed by atoms with Crippen LogP contribution in [0.1, 0.15) is 51.5 Å². The van der Waals surface area contributed by atoms with E-state index in [4.69, 9.17) is 4.74 Å². The number of H-pyrrole nitrogens is 1. The summed E-state index contributed by atoms with van der Waals surface area (Å²) in [4.78, 5) is 27.6. The molecule has 5 nitrogen and oxygen atoms in total. The van der Waals surface area contributed by atoms with Gasteiger partial charge in [0.1, 0.15) is 11.5 Å². The van der Waals surface area contributed by atoms with Crippen molar-refractivity contribution in [3.8, 4) is 0 Å². The average Bonchev–Trinajstić information content (AvgIpc) is 2.77. The number of amides is 1. The van der Waals surface area contributed by atoms with E-state index in [0.29, 0.717) is 22.5 Å². The number of benzene rings is 1. The molecule has 0 aliphatic carbocycles. The van der Waals surface area contributed by atoms with Gasteiger partial charge in [0.05, 0.1) is 11.7 Å². The molecule has 24 heavy (non-hydrogen) atoms. The highest BCUT2D eigenvalue weighted by atomic mass is 19.1. The minimum atomic E-state index is -0.475. The van der Waals surface area contributed by atoms with Crippen LogP contribution in [0.3, 0.4) is 0 Å². The van der Waals surface area contributed by atoms with Crippen molar-refractivity contribution in [1.29, 1.82) is 0 Å². The van der Waals surface area contributed by atoms with Crippen LogP contribution in [-0.4, -0.2) is 23.0 Å². The van der Waals surface area contributed by atoms with Crippen molar-refractivity contribution in [2.75, 3.05) is 5.32 Å². The molecule has 1 aromatic carbocycles. The van der Waals surface area contributed by atoms with Gasteiger partial charge >= 0.3 is 5.97 Å². The normalized spacial score (nSPS) is 10.8. The Bertz CT molecular complexity index is 794. The molecule has 128 valence electrons. The van der Waals surface area contributed by atoms with Crippen molar-refractivity contribution in [2.45, 2.75) is 40.7 Å². The van der Waals surface area contributed by atoms with Gasteiger partial charge in [0.2, 0.25) is 0 Å². The average molecular weight is 332 g/mol. The van der Waals surface area contributed by atoms with Crippen molar-refractivity contribution in [1.82, 2.24) is 4.98 Å². The zero-order valence-corrected chi connectivity index (χ0v) is 14.4. The van der Waals surface area contributed by atoms with Crippen LogP contribution in [-0.2, 0) is 4.74 Å². The van der Waals surface area contributed by atoms with Crippen LogP contribution in [0.15, 0.2) is 18.2 Å². The molecule has 2 N–H and O–H groups in total. The number of aromatic nitrogens is 1. The molecule has 6 heteroatoms. The maximum atomic E-state index is 13.4. The first-order valence-corrected chi connectivity index (χ1v) is 7.68. The van der Waals surface area contributed by atoms with E-state index in [0.717, 1.165) is 5.56 Å². The summed E-state index contributed by atoms with van der Waals surface area (Å²) < 4.78 is 18.6.